The van der Waals surface area contributed by atoms with Gasteiger partial charge in [0.15, 0.2) is 5.96 Å². The quantitative estimate of drug-likeness (QED) is 0.563. The van der Waals surface area contributed by atoms with Gasteiger partial charge in [0.2, 0.25) is 5.91 Å². The van der Waals surface area contributed by atoms with E-state index in [-0.39, 0.29) is 11.8 Å². The molecule has 0 bridgehead atoms. The van der Waals surface area contributed by atoms with Crippen LogP contribution in [-0.4, -0.2) is 39.6 Å². The molecular formula is C21H27N5O. The lowest BCUT2D eigenvalue weighted by molar-refractivity contribution is -0.116. The first-order valence-electron chi connectivity index (χ1n) is 9.16. The van der Waals surface area contributed by atoms with E-state index < -0.39 is 0 Å². The Hall–Kier alpha value is -3.02. The van der Waals surface area contributed by atoms with Crippen molar-refractivity contribution < 1.29 is 4.79 Å². The van der Waals surface area contributed by atoms with Crippen LogP contribution >= 0.6 is 0 Å². The average Bonchev–Trinajstić information content (AvgIpc) is 2.68. The van der Waals surface area contributed by atoms with Crippen molar-refractivity contribution in [2.75, 3.05) is 37.9 Å². The molecule has 1 aliphatic rings. The van der Waals surface area contributed by atoms with E-state index in [1.54, 1.807) is 7.05 Å². The third kappa shape index (κ3) is 4.78. The van der Waals surface area contributed by atoms with Gasteiger partial charge in [0.25, 0.3) is 0 Å². The van der Waals surface area contributed by atoms with Crippen LogP contribution in [0.4, 0.5) is 11.4 Å². The van der Waals surface area contributed by atoms with Crippen molar-refractivity contribution in [2.24, 2.45) is 4.99 Å². The highest BCUT2D eigenvalue weighted by Crippen LogP contribution is 2.31. The van der Waals surface area contributed by atoms with Gasteiger partial charge in [0.1, 0.15) is 0 Å². The number of hydrogen-bond donors (Lipinski definition) is 3. The van der Waals surface area contributed by atoms with Crippen molar-refractivity contribution in [2.45, 2.75) is 18.9 Å². The van der Waals surface area contributed by atoms with Crippen LogP contribution in [0.2, 0.25) is 0 Å². The van der Waals surface area contributed by atoms with Crippen LogP contribution in [0.5, 0.6) is 0 Å². The van der Waals surface area contributed by atoms with Crippen LogP contribution in [0.1, 0.15) is 23.5 Å². The Kier molecular flexibility index (Phi) is 5.96. The molecule has 1 heterocycles. The zero-order valence-corrected chi connectivity index (χ0v) is 16.1. The fourth-order valence-electron chi connectivity index (χ4n) is 3.25. The van der Waals surface area contributed by atoms with E-state index in [0.29, 0.717) is 19.5 Å². The maximum absolute atomic E-state index is 12.0. The summed E-state index contributed by atoms with van der Waals surface area (Å²) < 4.78 is 0. The van der Waals surface area contributed by atoms with Gasteiger partial charge in [0, 0.05) is 57.9 Å². The number of guanidine groups is 1. The molecule has 1 aliphatic heterocycles. The number of para-hydroxylation sites is 1. The Morgan fingerprint density at radius 2 is 2.00 bits per heavy atom. The summed E-state index contributed by atoms with van der Waals surface area (Å²) in [7, 11) is 5.82. The number of fused-ring (bicyclic) bond motifs is 1. The molecule has 2 aromatic carbocycles. The summed E-state index contributed by atoms with van der Waals surface area (Å²) in [5, 5.41) is 9.64. The smallest absolute Gasteiger partial charge is 0.225 e. The van der Waals surface area contributed by atoms with Gasteiger partial charge in [-0.05, 0) is 29.3 Å². The molecule has 27 heavy (non-hydrogen) atoms. The molecule has 1 amide bonds. The maximum Gasteiger partial charge on any atom is 0.225 e. The van der Waals surface area contributed by atoms with Crippen molar-refractivity contribution >= 4 is 23.2 Å². The summed E-state index contributed by atoms with van der Waals surface area (Å²) in [6.07, 6.45) is 0.478. The first-order chi connectivity index (χ1) is 13.1. The third-order valence-electron chi connectivity index (χ3n) is 4.73. The van der Waals surface area contributed by atoms with Crippen LogP contribution in [0.25, 0.3) is 0 Å². The molecule has 0 saturated carbocycles. The first kappa shape index (κ1) is 18.8. The second-order valence-corrected chi connectivity index (χ2v) is 6.91. The summed E-state index contributed by atoms with van der Waals surface area (Å²) in [6, 6.07) is 16.4. The summed E-state index contributed by atoms with van der Waals surface area (Å²) in [4.78, 5) is 18.3. The summed E-state index contributed by atoms with van der Waals surface area (Å²) >= 11 is 0. The van der Waals surface area contributed by atoms with E-state index in [1.165, 1.54) is 16.8 Å². The van der Waals surface area contributed by atoms with Crippen LogP contribution in [0.3, 0.4) is 0 Å². The van der Waals surface area contributed by atoms with Gasteiger partial charge < -0.3 is 20.9 Å². The van der Waals surface area contributed by atoms with Gasteiger partial charge in [-0.25, -0.2) is 0 Å². The SMILES string of the molecule is CN=C(NCc1cccc(N(C)C)c1)NCC1CC(=O)Nc2ccccc21. The van der Waals surface area contributed by atoms with Crippen LogP contribution in [0, 0.1) is 0 Å². The molecule has 2 aromatic rings. The fourth-order valence-corrected chi connectivity index (χ4v) is 3.25. The molecular weight excluding hydrogens is 338 g/mol. The molecule has 0 fully saturated rings. The van der Waals surface area contributed by atoms with E-state index in [2.05, 4.69) is 56.2 Å². The minimum absolute atomic E-state index is 0.0592. The zero-order chi connectivity index (χ0) is 19.2. The molecule has 0 aromatic heterocycles. The van der Waals surface area contributed by atoms with Crippen LogP contribution < -0.4 is 20.9 Å². The predicted molar refractivity (Wildman–Crippen MR) is 111 cm³/mol. The molecule has 142 valence electrons. The molecule has 3 N–H and O–H groups in total. The number of benzene rings is 2. The van der Waals surface area contributed by atoms with E-state index in [4.69, 9.17) is 0 Å². The van der Waals surface area contributed by atoms with Crippen molar-refractivity contribution in [3.8, 4) is 0 Å². The molecule has 3 rings (SSSR count). The number of nitrogens with one attached hydrogen (secondary N) is 3. The lowest BCUT2D eigenvalue weighted by Gasteiger charge is -2.26. The summed E-state index contributed by atoms with van der Waals surface area (Å²) in [5.74, 6) is 0.920. The Bertz CT molecular complexity index is 831. The first-order valence-corrected chi connectivity index (χ1v) is 9.16. The van der Waals surface area contributed by atoms with Gasteiger partial charge in [-0.2, -0.15) is 0 Å². The molecule has 0 radical (unpaired) electrons. The van der Waals surface area contributed by atoms with Crippen molar-refractivity contribution in [1.29, 1.82) is 0 Å². The number of anilines is 2. The number of hydrogen-bond acceptors (Lipinski definition) is 3. The highest BCUT2D eigenvalue weighted by Gasteiger charge is 2.24. The largest absolute Gasteiger partial charge is 0.378 e. The van der Waals surface area contributed by atoms with Gasteiger partial charge in [-0.3, -0.25) is 9.79 Å². The molecule has 1 unspecified atom stereocenters. The summed E-state index contributed by atoms with van der Waals surface area (Å²) in [5.41, 5.74) is 4.43. The van der Waals surface area contributed by atoms with E-state index in [0.717, 1.165) is 11.6 Å². The average molecular weight is 365 g/mol. The van der Waals surface area contributed by atoms with Crippen LogP contribution in [-0.2, 0) is 11.3 Å². The number of carbonyl (C=O) groups excluding carboxylic acids is 1. The predicted octanol–water partition coefficient (Wildman–Crippen LogP) is 2.54. The topological polar surface area (TPSA) is 68.8 Å². The standard InChI is InChI=1S/C21H27N5O/c1-22-21(23-13-15-7-6-8-17(11-15)26(2)3)24-14-16-12-20(27)25-19-10-5-4-9-18(16)19/h4-11,16H,12-14H2,1-3H3,(H,25,27)(H2,22,23,24). The Morgan fingerprint density at radius 1 is 1.19 bits per heavy atom. The maximum atomic E-state index is 12.0. The lowest BCUT2D eigenvalue weighted by atomic mass is 9.90. The lowest BCUT2D eigenvalue weighted by Crippen LogP contribution is -2.40. The minimum atomic E-state index is 0.0592. The Morgan fingerprint density at radius 3 is 2.78 bits per heavy atom. The number of amides is 1. The number of aliphatic imine (C=N–C) groups is 1. The molecule has 6 nitrogen and oxygen atoms in total. The number of nitrogens with zero attached hydrogens (tertiary/aromatic N) is 2. The number of carbonyl (C=O) groups is 1. The molecule has 1 atom stereocenters. The van der Waals surface area contributed by atoms with Gasteiger partial charge >= 0.3 is 0 Å². The van der Waals surface area contributed by atoms with Crippen molar-refractivity contribution in [3.05, 3.63) is 59.7 Å². The van der Waals surface area contributed by atoms with E-state index >= 15 is 0 Å². The molecule has 0 spiro atoms. The third-order valence-corrected chi connectivity index (χ3v) is 4.73. The monoisotopic (exact) mass is 365 g/mol. The summed E-state index contributed by atoms with van der Waals surface area (Å²) in [6.45, 7) is 1.34. The fraction of sp³-hybridized carbons (Fsp3) is 0.333. The van der Waals surface area contributed by atoms with Gasteiger partial charge in [-0.1, -0.05) is 30.3 Å². The van der Waals surface area contributed by atoms with Gasteiger partial charge in [-0.15, -0.1) is 0 Å². The van der Waals surface area contributed by atoms with E-state index in [1.807, 2.05) is 32.3 Å². The van der Waals surface area contributed by atoms with Crippen molar-refractivity contribution in [3.63, 3.8) is 0 Å². The normalized spacial score (nSPS) is 16.3. The Balaban J connectivity index is 1.59. The highest BCUT2D eigenvalue weighted by atomic mass is 16.1. The Labute approximate surface area is 160 Å². The van der Waals surface area contributed by atoms with Gasteiger partial charge in [0.05, 0.1) is 0 Å². The zero-order valence-electron chi connectivity index (χ0n) is 16.1. The van der Waals surface area contributed by atoms with E-state index in [9.17, 15) is 4.79 Å². The minimum Gasteiger partial charge on any atom is -0.378 e. The second-order valence-electron chi connectivity index (χ2n) is 6.91. The highest BCUT2D eigenvalue weighted by molar-refractivity contribution is 5.94. The molecule has 0 saturated heterocycles. The van der Waals surface area contributed by atoms with Crippen LogP contribution in [0.15, 0.2) is 53.5 Å². The van der Waals surface area contributed by atoms with Crippen molar-refractivity contribution in [1.82, 2.24) is 10.6 Å². The second kappa shape index (κ2) is 8.58. The molecule has 0 aliphatic carbocycles. The molecule has 6 heteroatoms. The number of rotatable bonds is 5.